The van der Waals surface area contributed by atoms with E-state index in [2.05, 4.69) is 45.4 Å². The van der Waals surface area contributed by atoms with Gasteiger partial charge in [0.25, 0.3) is 0 Å². The third-order valence-corrected chi connectivity index (χ3v) is 5.09. The van der Waals surface area contributed by atoms with Gasteiger partial charge in [-0.15, -0.1) is 5.10 Å². The van der Waals surface area contributed by atoms with Crippen LogP contribution in [0.5, 0.6) is 5.75 Å². The molecule has 3 heterocycles. The second-order valence-corrected chi connectivity index (χ2v) is 6.98. The number of hydrogen-bond acceptors (Lipinski definition) is 4. The summed E-state index contributed by atoms with van der Waals surface area (Å²) in [5, 5.41) is 8.98. The molecule has 2 aliphatic rings. The number of para-hydroxylation sites is 1. The van der Waals surface area contributed by atoms with Crippen LogP contribution in [-0.2, 0) is 12.8 Å². The highest BCUT2D eigenvalue weighted by Gasteiger charge is 2.20. The van der Waals surface area contributed by atoms with Crippen molar-refractivity contribution >= 4 is 5.82 Å². The van der Waals surface area contributed by atoms with Crippen LogP contribution in [0.4, 0.5) is 5.82 Å². The summed E-state index contributed by atoms with van der Waals surface area (Å²) in [4.78, 5) is 2.38. The number of ether oxygens (including phenoxy) is 1. The maximum Gasteiger partial charge on any atom is 0.151 e. The van der Waals surface area contributed by atoms with E-state index in [1.807, 2.05) is 6.07 Å². The van der Waals surface area contributed by atoms with Gasteiger partial charge in [0, 0.05) is 19.0 Å². The Morgan fingerprint density at radius 1 is 0.958 bits per heavy atom. The molecule has 4 heteroatoms. The predicted octanol–water partition coefficient (Wildman–Crippen LogP) is 3.65. The Hall–Kier alpha value is -2.10. The summed E-state index contributed by atoms with van der Waals surface area (Å²) in [6, 6.07) is 12.6. The molecule has 4 nitrogen and oxygen atoms in total. The van der Waals surface area contributed by atoms with Crippen molar-refractivity contribution in [1.29, 1.82) is 0 Å². The van der Waals surface area contributed by atoms with Crippen molar-refractivity contribution in [3.05, 3.63) is 47.7 Å². The van der Waals surface area contributed by atoms with Crippen molar-refractivity contribution in [2.24, 2.45) is 5.92 Å². The quantitative estimate of drug-likeness (QED) is 0.864. The molecule has 2 aromatic rings. The monoisotopic (exact) mass is 323 g/mol. The van der Waals surface area contributed by atoms with E-state index in [0.29, 0.717) is 5.92 Å². The number of nitrogens with zero attached hydrogens (tertiary/aromatic N) is 3. The Balaban J connectivity index is 1.39. The van der Waals surface area contributed by atoms with Gasteiger partial charge in [0.15, 0.2) is 5.82 Å². The van der Waals surface area contributed by atoms with Crippen molar-refractivity contribution < 1.29 is 4.74 Å². The Morgan fingerprint density at radius 2 is 1.79 bits per heavy atom. The van der Waals surface area contributed by atoms with Crippen molar-refractivity contribution in [1.82, 2.24) is 10.2 Å². The van der Waals surface area contributed by atoms with Gasteiger partial charge in [-0.1, -0.05) is 31.0 Å². The molecule has 0 amide bonds. The molecule has 4 rings (SSSR count). The number of rotatable bonds is 3. The molecule has 24 heavy (non-hydrogen) atoms. The molecule has 2 aliphatic heterocycles. The summed E-state index contributed by atoms with van der Waals surface area (Å²) in [5.74, 6) is 2.56. The Kier molecular flexibility index (Phi) is 4.63. The van der Waals surface area contributed by atoms with Crippen molar-refractivity contribution in [3.8, 4) is 5.75 Å². The smallest absolute Gasteiger partial charge is 0.151 e. The zero-order valence-electron chi connectivity index (χ0n) is 14.2. The van der Waals surface area contributed by atoms with Crippen LogP contribution < -0.4 is 9.64 Å². The Labute approximate surface area is 143 Å². The van der Waals surface area contributed by atoms with Gasteiger partial charge in [-0.05, 0) is 49.4 Å². The maximum absolute atomic E-state index is 5.88. The first-order chi connectivity index (χ1) is 11.9. The molecule has 1 atom stereocenters. The molecule has 0 saturated carbocycles. The second kappa shape index (κ2) is 7.20. The SMILES string of the molecule is c1ccc2c(c1)C[C@@H](Cc1ccc(N3CCCCCC3)nn1)CO2. The van der Waals surface area contributed by atoms with Gasteiger partial charge in [-0.2, -0.15) is 5.10 Å². The fourth-order valence-electron chi connectivity index (χ4n) is 3.75. The molecule has 1 saturated heterocycles. The molecule has 126 valence electrons. The molecule has 0 bridgehead atoms. The van der Waals surface area contributed by atoms with Crippen molar-refractivity contribution in [2.45, 2.75) is 38.5 Å². The summed E-state index contributed by atoms with van der Waals surface area (Å²) in [7, 11) is 0. The third-order valence-electron chi connectivity index (χ3n) is 5.09. The minimum atomic E-state index is 0.484. The van der Waals surface area contributed by atoms with Gasteiger partial charge in [0.1, 0.15) is 5.75 Å². The molecule has 1 aromatic heterocycles. The average molecular weight is 323 g/mol. The lowest BCUT2D eigenvalue weighted by Gasteiger charge is -2.25. The number of benzene rings is 1. The van der Waals surface area contributed by atoms with Crippen LogP contribution in [-0.4, -0.2) is 29.9 Å². The van der Waals surface area contributed by atoms with Crippen LogP contribution in [0.1, 0.15) is 36.9 Å². The number of anilines is 1. The van der Waals surface area contributed by atoms with E-state index in [1.54, 1.807) is 0 Å². The highest BCUT2D eigenvalue weighted by Crippen LogP contribution is 2.28. The normalized spacial score (nSPS) is 20.8. The van der Waals surface area contributed by atoms with E-state index in [9.17, 15) is 0 Å². The summed E-state index contributed by atoms with van der Waals surface area (Å²) in [5.41, 5.74) is 2.38. The fourth-order valence-corrected chi connectivity index (χ4v) is 3.75. The van der Waals surface area contributed by atoms with Crippen LogP contribution >= 0.6 is 0 Å². The first-order valence-corrected chi connectivity index (χ1v) is 9.17. The van der Waals surface area contributed by atoms with E-state index < -0.39 is 0 Å². The first kappa shape index (κ1) is 15.4. The van der Waals surface area contributed by atoms with Crippen LogP contribution in [0, 0.1) is 5.92 Å². The van der Waals surface area contributed by atoms with Crippen LogP contribution in [0.15, 0.2) is 36.4 Å². The van der Waals surface area contributed by atoms with Crippen LogP contribution in [0.2, 0.25) is 0 Å². The first-order valence-electron chi connectivity index (χ1n) is 9.17. The zero-order valence-corrected chi connectivity index (χ0v) is 14.2. The van der Waals surface area contributed by atoms with Gasteiger partial charge in [-0.25, -0.2) is 0 Å². The van der Waals surface area contributed by atoms with Crippen molar-refractivity contribution in [3.63, 3.8) is 0 Å². The zero-order chi connectivity index (χ0) is 16.2. The van der Waals surface area contributed by atoms with E-state index in [4.69, 9.17) is 4.74 Å². The number of aromatic nitrogens is 2. The van der Waals surface area contributed by atoms with Gasteiger partial charge >= 0.3 is 0 Å². The molecular weight excluding hydrogens is 298 g/mol. The van der Waals surface area contributed by atoms with E-state index in [0.717, 1.165) is 49.8 Å². The molecule has 0 aliphatic carbocycles. The fraction of sp³-hybridized carbons (Fsp3) is 0.500. The van der Waals surface area contributed by atoms with Gasteiger partial charge in [0.2, 0.25) is 0 Å². The number of hydrogen-bond donors (Lipinski definition) is 0. The van der Waals surface area contributed by atoms with Gasteiger partial charge < -0.3 is 9.64 Å². The van der Waals surface area contributed by atoms with Crippen molar-refractivity contribution in [2.75, 3.05) is 24.6 Å². The standard InChI is InChI=1S/C20H25N3O/c1-2-6-12-23(11-5-1)20-10-9-18(21-22-20)14-16-13-17-7-3-4-8-19(17)24-15-16/h3-4,7-10,16H,1-2,5-6,11-15H2/t16-/m0/s1. The molecule has 0 radical (unpaired) electrons. The largest absolute Gasteiger partial charge is 0.493 e. The second-order valence-electron chi connectivity index (χ2n) is 6.98. The van der Waals surface area contributed by atoms with Gasteiger partial charge in [0.05, 0.1) is 12.3 Å². The van der Waals surface area contributed by atoms with E-state index >= 15 is 0 Å². The molecule has 0 unspecified atom stereocenters. The summed E-state index contributed by atoms with van der Waals surface area (Å²) < 4.78 is 5.88. The van der Waals surface area contributed by atoms with Gasteiger partial charge in [-0.3, -0.25) is 0 Å². The van der Waals surface area contributed by atoms with E-state index in [-0.39, 0.29) is 0 Å². The maximum atomic E-state index is 5.88. The topological polar surface area (TPSA) is 38.2 Å². The highest BCUT2D eigenvalue weighted by atomic mass is 16.5. The molecule has 1 fully saturated rings. The third kappa shape index (κ3) is 3.53. The summed E-state index contributed by atoms with van der Waals surface area (Å²) in [6.45, 7) is 3.00. The molecular formula is C20H25N3O. The Bertz CT molecular complexity index is 663. The molecule has 0 N–H and O–H groups in total. The van der Waals surface area contributed by atoms with Crippen LogP contribution in [0.25, 0.3) is 0 Å². The predicted molar refractivity (Wildman–Crippen MR) is 95.5 cm³/mol. The lowest BCUT2D eigenvalue weighted by molar-refractivity contribution is 0.220. The molecule has 1 aromatic carbocycles. The van der Waals surface area contributed by atoms with E-state index in [1.165, 1.54) is 31.2 Å². The lowest BCUT2D eigenvalue weighted by atomic mass is 9.93. The Morgan fingerprint density at radius 3 is 2.58 bits per heavy atom. The average Bonchev–Trinajstić information content (AvgIpc) is 2.92. The minimum absolute atomic E-state index is 0.484. The summed E-state index contributed by atoms with van der Waals surface area (Å²) in [6.07, 6.45) is 7.20. The molecule has 0 spiro atoms. The highest BCUT2D eigenvalue weighted by molar-refractivity contribution is 5.38. The number of fused-ring (bicyclic) bond motifs is 1. The van der Waals surface area contributed by atoms with Crippen LogP contribution in [0.3, 0.4) is 0 Å². The minimum Gasteiger partial charge on any atom is -0.493 e. The lowest BCUT2D eigenvalue weighted by Crippen LogP contribution is -2.26. The summed E-state index contributed by atoms with van der Waals surface area (Å²) >= 11 is 0.